The van der Waals surface area contributed by atoms with Gasteiger partial charge in [0.1, 0.15) is 0 Å². The highest BCUT2D eigenvalue weighted by molar-refractivity contribution is 4.94. The first-order chi connectivity index (χ1) is 6.33. The number of nitrogens with one attached hydrogen (secondary N) is 1. The third-order valence-electron chi connectivity index (χ3n) is 3.03. The summed E-state index contributed by atoms with van der Waals surface area (Å²) in [6, 6.07) is 0.531. The molecule has 0 amide bonds. The van der Waals surface area contributed by atoms with Crippen molar-refractivity contribution in [1.82, 2.24) is 5.32 Å². The molecule has 0 bridgehead atoms. The van der Waals surface area contributed by atoms with Gasteiger partial charge in [0.15, 0.2) is 0 Å². The Morgan fingerprint density at radius 3 is 2.31 bits per heavy atom. The van der Waals surface area contributed by atoms with E-state index in [9.17, 15) is 0 Å². The topological polar surface area (TPSA) is 12.0 Å². The molecule has 0 radical (unpaired) electrons. The normalized spacial score (nSPS) is 23.2. The summed E-state index contributed by atoms with van der Waals surface area (Å²) >= 11 is 0. The molecule has 0 aromatic rings. The molecule has 0 heterocycles. The molecule has 1 aliphatic rings. The number of hydrogen-bond acceptors (Lipinski definition) is 1. The maximum Gasteiger partial charge on any atom is 0.0218 e. The van der Waals surface area contributed by atoms with Gasteiger partial charge in [-0.25, -0.2) is 0 Å². The Morgan fingerprint density at radius 1 is 1.15 bits per heavy atom. The van der Waals surface area contributed by atoms with Crippen molar-refractivity contribution in [2.24, 2.45) is 5.92 Å². The van der Waals surface area contributed by atoms with Crippen LogP contribution in [0, 0.1) is 5.92 Å². The standard InChI is InChI=1S/C12H23N/c1-11(13-2)9-10-12-7-5-3-4-6-8-12/h9-13H,3-8H2,1-2H3/b10-9+. The van der Waals surface area contributed by atoms with E-state index >= 15 is 0 Å². The van der Waals surface area contributed by atoms with E-state index in [0.29, 0.717) is 6.04 Å². The molecule has 1 aliphatic carbocycles. The van der Waals surface area contributed by atoms with E-state index in [1.54, 1.807) is 0 Å². The first-order valence-electron chi connectivity index (χ1n) is 5.68. The van der Waals surface area contributed by atoms with E-state index in [0.717, 1.165) is 5.92 Å². The van der Waals surface area contributed by atoms with Crippen LogP contribution in [0.15, 0.2) is 12.2 Å². The Labute approximate surface area is 82.6 Å². The minimum Gasteiger partial charge on any atom is -0.314 e. The van der Waals surface area contributed by atoms with Crippen molar-refractivity contribution in [3.05, 3.63) is 12.2 Å². The highest BCUT2D eigenvalue weighted by Crippen LogP contribution is 2.23. The molecule has 1 fully saturated rings. The summed E-state index contributed by atoms with van der Waals surface area (Å²) in [6.45, 7) is 2.20. The Balaban J connectivity index is 2.28. The zero-order valence-corrected chi connectivity index (χ0v) is 9.05. The highest BCUT2D eigenvalue weighted by Gasteiger charge is 2.08. The summed E-state index contributed by atoms with van der Waals surface area (Å²) in [5, 5.41) is 3.23. The van der Waals surface area contributed by atoms with Gasteiger partial charge in [-0.3, -0.25) is 0 Å². The fourth-order valence-corrected chi connectivity index (χ4v) is 1.92. The molecule has 1 N–H and O–H groups in total. The fraction of sp³-hybridized carbons (Fsp3) is 0.833. The van der Waals surface area contributed by atoms with Crippen LogP contribution in [-0.4, -0.2) is 13.1 Å². The lowest BCUT2D eigenvalue weighted by Crippen LogP contribution is -2.18. The van der Waals surface area contributed by atoms with Crippen LogP contribution in [0.25, 0.3) is 0 Å². The quantitative estimate of drug-likeness (QED) is 0.521. The Morgan fingerprint density at radius 2 is 1.77 bits per heavy atom. The van der Waals surface area contributed by atoms with E-state index < -0.39 is 0 Å². The van der Waals surface area contributed by atoms with Gasteiger partial charge in [-0.2, -0.15) is 0 Å². The van der Waals surface area contributed by atoms with Crippen LogP contribution in [0.1, 0.15) is 45.4 Å². The van der Waals surface area contributed by atoms with E-state index in [4.69, 9.17) is 0 Å². The molecule has 1 unspecified atom stereocenters. The average Bonchev–Trinajstić information content (AvgIpc) is 2.42. The monoisotopic (exact) mass is 181 g/mol. The fourth-order valence-electron chi connectivity index (χ4n) is 1.92. The van der Waals surface area contributed by atoms with Crippen molar-refractivity contribution >= 4 is 0 Å². The van der Waals surface area contributed by atoms with Crippen LogP contribution in [0.4, 0.5) is 0 Å². The van der Waals surface area contributed by atoms with Crippen LogP contribution < -0.4 is 5.32 Å². The zero-order valence-electron chi connectivity index (χ0n) is 9.05. The number of likely N-dealkylation sites (N-methyl/N-ethyl adjacent to an activating group) is 1. The largest absolute Gasteiger partial charge is 0.314 e. The third-order valence-corrected chi connectivity index (χ3v) is 3.03. The average molecular weight is 181 g/mol. The molecule has 0 saturated heterocycles. The summed E-state index contributed by atoms with van der Waals surface area (Å²) in [6.07, 6.45) is 13.3. The van der Waals surface area contributed by atoms with Crippen molar-refractivity contribution in [1.29, 1.82) is 0 Å². The van der Waals surface area contributed by atoms with Gasteiger partial charge in [-0.15, -0.1) is 0 Å². The third kappa shape index (κ3) is 4.47. The predicted molar refractivity (Wildman–Crippen MR) is 58.9 cm³/mol. The second-order valence-corrected chi connectivity index (χ2v) is 4.21. The summed E-state index contributed by atoms with van der Waals surface area (Å²) in [5.41, 5.74) is 0. The highest BCUT2D eigenvalue weighted by atomic mass is 14.8. The zero-order chi connectivity index (χ0) is 9.52. The Hall–Kier alpha value is -0.300. The van der Waals surface area contributed by atoms with Crippen molar-refractivity contribution in [3.8, 4) is 0 Å². The van der Waals surface area contributed by atoms with Gasteiger partial charge in [0.05, 0.1) is 0 Å². The second kappa shape index (κ2) is 6.20. The van der Waals surface area contributed by atoms with Gasteiger partial charge in [0.25, 0.3) is 0 Å². The van der Waals surface area contributed by atoms with E-state index in [-0.39, 0.29) is 0 Å². The summed E-state index contributed by atoms with van der Waals surface area (Å²) in [7, 11) is 2.02. The molecule has 1 heteroatoms. The molecule has 0 aromatic carbocycles. The molecule has 1 nitrogen and oxygen atoms in total. The summed E-state index contributed by atoms with van der Waals surface area (Å²) in [5.74, 6) is 0.860. The maximum absolute atomic E-state index is 3.23. The SMILES string of the molecule is CNC(C)/C=C/C1CCCCCC1. The molecule has 0 aliphatic heterocycles. The van der Waals surface area contributed by atoms with Crippen molar-refractivity contribution in [2.75, 3.05) is 7.05 Å². The van der Waals surface area contributed by atoms with E-state index in [1.807, 2.05) is 7.05 Å². The second-order valence-electron chi connectivity index (χ2n) is 4.21. The lowest BCUT2D eigenvalue weighted by atomic mass is 9.99. The van der Waals surface area contributed by atoms with E-state index in [1.165, 1.54) is 38.5 Å². The van der Waals surface area contributed by atoms with Crippen LogP contribution in [0.5, 0.6) is 0 Å². The Bertz CT molecular complexity index is 143. The first kappa shape index (κ1) is 10.8. The molecule has 1 atom stereocenters. The van der Waals surface area contributed by atoms with Gasteiger partial charge in [0, 0.05) is 6.04 Å². The molecule has 76 valence electrons. The molecule has 0 aromatic heterocycles. The lowest BCUT2D eigenvalue weighted by molar-refractivity contribution is 0.554. The molecule has 0 spiro atoms. The minimum absolute atomic E-state index is 0.531. The molecular formula is C12H23N. The van der Waals surface area contributed by atoms with Crippen LogP contribution in [0.3, 0.4) is 0 Å². The predicted octanol–water partition coefficient (Wildman–Crippen LogP) is 3.12. The summed E-state index contributed by atoms with van der Waals surface area (Å²) < 4.78 is 0. The lowest BCUT2D eigenvalue weighted by Gasteiger charge is -2.09. The smallest absolute Gasteiger partial charge is 0.0218 e. The number of hydrogen-bond donors (Lipinski definition) is 1. The number of allylic oxidation sites excluding steroid dienone is 1. The van der Waals surface area contributed by atoms with Crippen LogP contribution in [-0.2, 0) is 0 Å². The molecule has 1 rings (SSSR count). The number of rotatable bonds is 3. The summed E-state index contributed by atoms with van der Waals surface area (Å²) in [4.78, 5) is 0. The van der Waals surface area contributed by atoms with Gasteiger partial charge < -0.3 is 5.32 Å². The minimum atomic E-state index is 0.531. The van der Waals surface area contributed by atoms with Crippen molar-refractivity contribution in [3.63, 3.8) is 0 Å². The van der Waals surface area contributed by atoms with Crippen molar-refractivity contribution in [2.45, 2.75) is 51.5 Å². The molecule has 1 saturated carbocycles. The van der Waals surface area contributed by atoms with Crippen molar-refractivity contribution < 1.29 is 0 Å². The van der Waals surface area contributed by atoms with Gasteiger partial charge >= 0.3 is 0 Å². The van der Waals surface area contributed by atoms with Gasteiger partial charge in [-0.1, -0.05) is 37.8 Å². The Kier molecular flexibility index (Phi) is 5.14. The first-order valence-corrected chi connectivity index (χ1v) is 5.68. The van der Waals surface area contributed by atoms with E-state index in [2.05, 4.69) is 24.4 Å². The van der Waals surface area contributed by atoms with Gasteiger partial charge in [-0.05, 0) is 32.7 Å². The molecule has 13 heavy (non-hydrogen) atoms. The molecular weight excluding hydrogens is 158 g/mol. The van der Waals surface area contributed by atoms with Crippen LogP contribution >= 0.6 is 0 Å². The van der Waals surface area contributed by atoms with Gasteiger partial charge in [0.2, 0.25) is 0 Å². The maximum atomic E-state index is 3.23. The van der Waals surface area contributed by atoms with Crippen LogP contribution in [0.2, 0.25) is 0 Å².